The molecule has 37 heavy (non-hydrogen) atoms. The highest BCUT2D eigenvalue weighted by atomic mass is 32.1. The van der Waals surface area contributed by atoms with E-state index < -0.39 is 12.1 Å². The van der Waals surface area contributed by atoms with Crippen LogP contribution in [-0.2, 0) is 14.3 Å². The standard InChI is InChI=1S/C27H40N4O4.2H2S/c1-5-11-29-13-15-30(16-14-29)20-8-6-19(7-9-20)25(33)28-21(17-27(2,3)4)26(34)31-12-10-23-24(31)22(32)18-35-23;;/h6-9,21,23-24H,5,10-18H2,1-4H3,(H,28,33);2*1H2/t21-,23+,24+;;/m0../s1. The number of hydrogen-bond donors (Lipinski definition) is 1. The lowest BCUT2D eigenvalue weighted by molar-refractivity contribution is -0.138. The third kappa shape index (κ3) is 7.65. The van der Waals surface area contributed by atoms with Crippen molar-refractivity contribution >= 4 is 50.3 Å². The predicted molar refractivity (Wildman–Crippen MR) is 156 cm³/mol. The molecule has 208 valence electrons. The van der Waals surface area contributed by atoms with Crippen LogP contribution in [0.25, 0.3) is 0 Å². The van der Waals surface area contributed by atoms with E-state index in [9.17, 15) is 14.4 Å². The van der Waals surface area contributed by atoms with Crippen LogP contribution in [0, 0.1) is 5.41 Å². The number of fused-ring (bicyclic) bond motifs is 1. The molecule has 1 aromatic rings. The molecule has 0 saturated carbocycles. The summed E-state index contributed by atoms with van der Waals surface area (Å²) in [7, 11) is 0. The third-order valence-corrected chi connectivity index (χ3v) is 7.22. The Morgan fingerprint density at radius 1 is 1.05 bits per heavy atom. The fraction of sp³-hybridized carbons (Fsp3) is 0.667. The van der Waals surface area contributed by atoms with Crippen LogP contribution in [0.15, 0.2) is 24.3 Å². The molecular formula is C27H44N4O4S2. The molecule has 3 atom stereocenters. The molecule has 0 aliphatic carbocycles. The molecule has 1 aromatic carbocycles. The van der Waals surface area contributed by atoms with Gasteiger partial charge in [-0.15, -0.1) is 0 Å². The summed E-state index contributed by atoms with van der Waals surface area (Å²) in [5, 5.41) is 2.98. The van der Waals surface area contributed by atoms with E-state index in [1.165, 1.54) is 6.42 Å². The van der Waals surface area contributed by atoms with E-state index >= 15 is 0 Å². The number of ether oxygens (including phenoxy) is 1. The fourth-order valence-electron chi connectivity index (χ4n) is 5.47. The number of rotatable bonds is 7. The number of nitrogens with zero attached hydrogens (tertiary/aromatic N) is 3. The van der Waals surface area contributed by atoms with E-state index in [-0.39, 0.29) is 62.7 Å². The molecule has 0 aromatic heterocycles. The molecule has 1 N–H and O–H groups in total. The second-order valence-electron chi connectivity index (χ2n) is 11.2. The first-order valence-corrected chi connectivity index (χ1v) is 13.0. The number of carbonyl (C=O) groups excluding carboxylic acids is 3. The first-order chi connectivity index (χ1) is 16.7. The quantitative estimate of drug-likeness (QED) is 0.560. The normalized spacial score (nSPS) is 22.6. The second-order valence-corrected chi connectivity index (χ2v) is 11.2. The van der Waals surface area contributed by atoms with Gasteiger partial charge in [0, 0.05) is 44.0 Å². The van der Waals surface area contributed by atoms with Crippen molar-refractivity contribution in [2.75, 3.05) is 50.8 Å². The van der Waals surface area contributed by atoms with Crippen LogP contribution in [0.4, 0.5) is 5.69 Å². The molecule has 3 fully saturated rings. The molecule has 0 bridgehead atoms. The Hall–Kier alpha value is -1.75. The van der Waals surface area contributed by atoms with Crippen LogP contribution in [0.2, 0.25) is 0 Å². The molecule has 10 heteroatoms. The molecule has 2 amide bonds. The molecular weight excluding hydrogens is 508 g/mol. The number of carbonyl (C=O) groups is 3. The lowest BCUT2D eigenvalue weighted by Gasteiger charge is -2.36. The number of hydrogen-bond acceptors (Lipinski definition) is 6. The van der Waals surface area contributed by atoms with Crippen molar-refractivity contribution in [3.05, 3.63) is 29.8 Å². The minimum absolute atomic E-state index is 0. The summed E-state index contributed by atoms with van der Waals surface area (Å²) in [5.41, 5.74) is 1.47. The Kier molecular flexibility index (Phi) is 11.4. The summed E-state index contributed by atoms with van der Waals surface area (Å²) in [6.07, 6.45) is 2.10. The Labute approximate surface area is 235 Å². The third-order valence-electron chi connectivity index (χ3n) is 7.22. The minimum atomic E-state index is -0.694. The number of ketones is 1. The maximum atomic E-state index is 13.5. The molecule has 3 saturated heterocycles. The summed E-state index contributed by atoms with van der Waals surface area (Å²) in [4.78, 5) is 45.4. The zero-order chi connectivity index (χ0) is 25.2. The van der Waals surface area contributed by atoms with Crippen LogP contribution in [0.5, 0.6) is 0 Å². The molecule has 8 nitrogen and oxygen atoms in total. The van der Waals surface area contributed by atoms with Crippen LogP contribution in [-0.4, -0.2) is 91.5 Å². The van der Waals surface area contributed by atoms with E-state index in [2.05, 4.69) is 22.0 Å². The van der Waals surface area contributed by atoms with E-state index in [0.717, 1.165) is 38.4 Å². The highest BCUT2D eigenvalue weighted by Gasteiger charge is 2.48. The first-order valence-electron chi connectivity index (χ1n) is 13.0. The smallest absolute Gasteiger partial charge is 0.251 e. The lowest BCUT2D eigenvalue weighted by Crippen LogP contribution is -2.53. The van der Waals surface area contributed by atoms with Crippen molar-refractivity contribution < 1.29 is 19.1 Å². The van der Waals surface area contributed by atoms with E-state index in [4.69, 9.17) is 4.74 Å². The van der Waals surface area contributed by atoms with Gasteiger partial charge in [0.05, 0.1) is 6.10 Å². The van der Waals surface area contributed by atoms with Gasteiger partial charge in [0.25, 0.3) is 5.91 Å². The Bertz CT molecular complexity index is 929. The van der Waals surface area contributed by atoms with Gasteiger partial charge in [-0.1, -0.05) is 27.7 Å². The number of amides is 2. The first kappa shape index (κ1) is 31.5. The fourth-order valence-corrected chi connectivity index (χ4v) is 5.47. The lowest BCUT2D eigenvalue weighted by atomic mass is 9.87. The van der Waals surface area contributed by atoms with Gasteiger partial charge in [-0.05, 0) is 55.5 Å². The van der Waals surface area contributed by atoms with Gasteiger partial charge < -0.3 is 19.9 Å². The SMILES string of the molecule is CCCN1CCN(c2ccc(C(=O)N[C@@H](CC(C)(C)C)C(=O)N3CC[C@H]4OCC(=O)[C@H]43)cc2)CC1.S.S. The maximum Gasteiger partial charge on any atom is 0.251 e. The monoisotopic (exact) mass is 552 g/mol. The zero-order valence-corrected chi connectivity index (χ0v) is 24.6. The predicted octanol–water partition coefficient (Wildman–Crippen LogP) is 2.55. The highest BCUT2D eigenvalue weighted by molar-refractivity contribution is 7.59. The van der Waals surface area contributed by atoms with E-state index in [1.807, 2.05) is 45.0 Å². The Balaban J connectivity index is 0.00000241. The van der Waals surface area contributed by atoms with Gasteiger partial charge in [-0.25, -0.2) is 0 Å². The van der Waals surface area contributed by atoms with Crippen molar-refractivity contribution in [3.63, 3.8) is 0 Å². The Morgan fingerprint density at radius 3 is 2.30 bits per heavy atom. The summed E-state index contributed by atoms with van der Waals surface area (Å²) in [6, 6.07) is 6.44. The summed E-state index contributed by atoms with van der Waals surface area (Å²) in [5.74, 6) is -0.509. The number of nitrogens with one attached hydrogen (secondary N) is 1. The van der Waals surface area contributed by atoms with Gasteiger partial charge in [0.15, 0.2) is 5.78 Å². The van der Waals surface area contributed by atoms with Gasteiger partial charge in [-0.2, -0.15) is 27.0 Å². The largest absolute Gasteiger partial charge is 0.369 e. The molecule has 0 radical (unpaired) electrons. The van der Waals surface area contributed by atoms with Gasteiger partial charge >= 0.3 is 0 Å². The number of benzene rings is 1. The second kappa shape index (κ2) is 13.4. The van der Waals surface area contributed by atoms with Crippen molar-refractivity contribution in [1.29, 1.82) is 0 Å². The van der Waals surface area contributed by atoms with E-state index in [1.54, 1.807) is 4.90 Å². The summed E-state index contributed by atoms with van der Waals surface area (Å²) >= 11 is 0. The molecule has 3 aliphatic heterocycles. The van der Waals surface area contributed by atoms with Crippen LogP contribution in [0.3, 0.4) is 0 Å². The van der Waals surface area contributed by atoms with E-state index in [0.29, 0.717) is 24.9 Å². The molecule has 0 unspecified atom stereocenters. The van der Waals surface area contributed by atoms with Crippen molar-refractivity contribution in [1.82, 2.24) is 15.1 Å². The van der Waals surface area contributed by atoms with Crippen molar-refractivity contribution in [3.8, 4) is 0 Å². The average molecular weight is 553 g/mol. The van der Waals surface area contributed by atoms with Crippen LogP contribution in [0.1, 0.15) is 57.3 Å². The Morgan fingerprint density at radius 2 is 1.70 bits per heavy atom. The van der Waals surface area contributed by atoms with Crippen LogP contribution >= 0.6 is 27.0 Å². The zero-order valence-electron chi connectivity index (χ0n) is 22.6. The summed E-state index contributed by atoms with van der Waals surface area (Å²) < 4.78 is 5.54. The van der Waals surface area contributed by atoms with Crippen LogP contribution < -0.4 is 10.2 Å². The van der Waals surface area contributed by atoms with Gasteiger partial charge in [0.2, 0.25) is 5.91 Å². The number of likely N-dealkylation sites (tertiary alicyclic amines) is 1. The highest BCUT2D eigenvalue weighted by Crippen LogP contribution is 2.30. The van der Waals surface area contributed by atoms with Crippen molar-refractivity contribution in [2.45, 2.75) is 65.1 Å². The average Bonchev–Trinajstić information content (AvgIpc) is 3.41. The molecule has 0 spiro atoms. The molecule has 3 heterocycles. The number of piperazine rings is 1. The van der Waals surface area contributed by atoms with Gasteiger partial charge in [0.1, 0.15) is 18.7 Å². The molecule has 4 rings (SSSR count). The number of Topliss-reactive ketones (excluding diaryl/α,β-unsaturated/α-hetero) is 1. The molecule has 3 aliphatic rings. The van der Waals surface area contributed by atoms with Crippen molar-refractivity contribution in [2.24, 2.45) is 5.41 Å². The maximum absolute atomic E-state index is 13.5. The summed E-state index contributed by atoms with van der Waals surface area (Å²) in [6.45, 7) is 14.1. The topological polar surface area (TPSA) is 82.2 Å². The van der Waals surface area contributed by atoms with Gasteiger partial charge in [-0.3, -0.25) is 19.3 Å². The number of anilines is 1. The minimum Gasteiger partial charge on any atom is -0.369 e.